The predicted octanol–water partition coefficient (Wildman–Crippen LogP) is 6.22. The number of aromatic nitrogens is 3. The molecule has 0 saturated heterocycles. The zero-order valence-corrected chi connectivity index (χ0v) is 16.2. The molecule has 0 aliphatic carbocycles. The topological polar surface area (TPSA) is 60.2 Å². The van der Waals surface area contributed by atoms with Gasteiger partial charge in [-0.1, -0.05) is 36.3 Å². The highest BCUT2D eigenvalue weighted by Crippen LogP contribution is 2.35. The molecule has 3 aromatic carbocycles. The number of rotatable bonds is 3. The van der Waals surface area contributed by atoms with Crippen LogP contribution in [0.15, 0.2) is 97.1 Å². The van der Waals surface area contributed by atoms with Crippen LogP contribution in [0.5, 0.6) is 17.4 Å². The van der Waals surface area contributed by atoms with Crippen molar-refractivity contribution in [2.45, 2.75) is 0 Å². The first-order valence-electron chi connectivity index (χ1n) is 11.2. The first-order chi connectivity index (χ1) is 16.5. The standard InChI is InChI=1S/C26H17N3O2/c30-23-9-5-6-17-11-14-25(28-26(17)23)31-18-12-13-20-19-7-1-2-8-21(19)29(22(20)16-18)24-10-3-4-15-27-24/h1-16,30H/i3D,6D,7D. The van der Waals surface area contributed by atoms with Crippen LogP contribution < -0.4 is 4.74 Å². The van der Waals surface area contributed by atoms with E-state index in [1.807, 2.05) is 28.8 Å². The number of nitrogens with zero attached hydrogens (tertiary/aromatic N) is 3. The number of benzene rings is 3. The third-order valence-corrected chi connectivity index (χ3v) is 5.19. The van der Waals surface area contributed by atoms with Gasteiger partial charge >= 0.3 is 0 Å². The summed E-state index contributed by atoms with van der Waals surface area (Å²) in [4.78, 5) is 8.85. The first-order valence-corrected chi connectivity index (χ1v) is 9.73. The van der Waals surface area contributed by atoms with Crippen LogP contribution in [0, 0.1) is 0 Å². The Morgan fingerprint density at radius 2 is 1.84 bits per heavy atom. The smallest absolute Gasteiger partial charge is 0.219 e. The second kappa shape index (κ2) is 6.85. The molecule has 0 saturated carbocycles. The van der Waals surface area contributed by atoms with Gasteiger partial charge in [-0.2, -0.15) is 0 Å². The van der Waals surface area contributed by atoms with Gasteiger partial charge in [0.2, 0.25) is 5.88 Å². The fraction of sp³-hybridized carbons (Fsp3) is 0. The van der Waals surface area contributed by atoms with Crippen LogP contribution in [0.1, 0.15) is 4.11 Å². The number of ether oxygens (including phenoxy) is 1. The van der Waals surface area contributed by atoms with Crippen LogP contribution in [0.3, 0.4) is 0 Å². The maximum absolute atomic E-state index is 10.2. The van der Waals surface area contributed by atoms with Crippen molar-refractivity contribution in [3.05, 3.63) is 97.1 Å². The summed E-state index contributed by atoms with van der Waals surface area (Å²) in [7, 11) is 0. The summed E-state index contributed by atoms with van der Waals surface area (Å²) in [5.74, 6) is 1.35. The van der Waals surface area contributed by atoms with E-state index in [1.165, 1.54) is 12.1 Å². The van der Waals surface area contributed by atoms with E-state index in [0.29, 0.717) is 34.6 Å². The van der Waals surface area contributed by atoms with Gasteiger partial charge in [0, 0.05) is 34.5 Å². The summed E-state index contributed by atoms with van der Waals surface area (Å²) >= 11 is 0. The molecule has 0 aliphatic rings. The molecule has 1 N–H and O–H groups in total. The van der Waals surface area contributed by atoms with Crippen LogP contribution >= 0.6 is 0 Å². The van der Waals surface area contributed by atoms with E-state index < -0.39 is 0 Å². The van der Waals surface area contributed by atoms with E-state index in [1.54, 1.807) is 42.6 Å². The molecule has 0 bridgehead atoms. The Hall–Kier alpha value is -4.38. The molecule has 0 aliphatic heterocycles. The summed E-state index contributed by atoms with van der Waals surface area (Å²) in [5.41, 5.74) is 1.90. The van der Waals surface area contributed by atoms with Gasteiger partial charge in [-0.3, -0.25) is 4.57 Å². The normalized spacial score (nSPS) is 12.7. The quantitative estimate of drug-likeness (QED) is 0.379. The van der Waals surface area contributed by atoms with Gasteiger partial charge < -0.3 is 9.84 Å². The number of hydrogen-bond acceptors (Lipinski definition) is 4. The molecule has 0 unspecified atom stereocenters. The molecule has 0 radical (unpaired) electrons. The van der Waals surface area contributed by atoms with Crippen molar-refractivity contribution in [3.63, 3.8) is 0 Å². The van der Waals surface area contributed by atoms with Gasteiger partial charge in [-0.15, -0.1) is 0 Å². The molecule has 0 amide bonds. The summed E-state index contributed by atoms with van der Waals surface area (Å²) in [5, 5.41) is 12.4. The Morgan fingerprint density at radius 1 is 0.871 bits per heavy atom. The minimum absolute atomic E-state index is 0.0173. The number of pyridine rings is 2. The lowest BCUT2D eigenvalue weighted by Crippen LogP contribution is -1.96. The van der Waals surface area contributed by atoms with Crippen LogP contribution in [-0.4, -0.2) is 19.6 Å². The van der Waals surface area contributed by atoms with Crippen molar-refractivity contribution < 1.29 is 14.0 Å². The molecule has 148 valence electrons. The van der Waals surface area contributed by atoms with Gasteiger partial charge in [-0.05, 0) is 42.5 Å². The zero-order chi connectivity index (χ0) is 23.4. The van der Waals surface area contributed by atoms with Crippen molar-refractivity contribution in [3.8, 4) is 23.2 Å². The molecule has 5 heteroatoms. The summed E-state index contributed by atoms with van der Waals surface area (Å²) in [6.45, 7) is 0. The Balaban J connectivity index is 1.54. The lowest BCUT2D eigenvalue weighted by molar-refractivity contribution is 0.460. The van der Waals surface area contributed by atoms with E-state index in [2.05, 4.69) is 9.97 Å². The molecule has 6 rings (SSSR count). The number of fused-ring (bicyclic) bond motifs is 4. The predicted molar refractivity (Wildman–Crippen MR) is 122 cm³/mol. The van der Waals surface area contributed by atoms with Crippen LogP contribution in [0.25, 0.3) is 38.5 Å². The van der Waals surface area contributed by atoms with Crippen molar-refractivity contribution in [2.75, 3.05) is 0 Å². The van der Waals surface area contributed by atoms with Gasteiger partial charge in [-0.25, -0.2) is 9.97 Å². The van der Waals surface area contributed by atoms with Gasteiger partial charge in [0.25, 0.3) is 0 Å². The Labute approximate surface area is 182 Å². The van der Waals surface area contributed by atoms with Crippen molar-refractivity contribution in [1.29, 1.82) is 0 Å². The molecule has 6 aromatic rings. The summed E-state index contributed by atoms with van der Waals surface area (Å²) < 4.78 is 32.4. The second-order valence-electron chi connectivity index (χ2n) is 7.07. The minimum Gasteiger partial charge on any atom is -0.506 e. The Morgan fingerprint density at radius 3 is 2.77 bits per heavy atom. The minimum atomic E-state index is -0.0173. The highest BCUT2D eigenvalue weighted by atomic mass is 16.5. The van der Waals surface area contributed by atoms with E-state index in [4.69, 9.17) is 8.85 Å². The number of phenolic OH excluding ortho intramolecular Hbond substituents is 1. The lowest BCUT2D eigenvalue weighted by atomic mass is 10.1. The van der Waals surface area contributed by atoms with Gasteiger partial charge in [0.15, 0.2) is 0 Å². The fourth-order valence-electron chi connectivity index (χ4n) is 3.84. The van der Waals surface area contributed by atoms with E-state index in [-0.39, 0.29) is 17.7 Å². The molecule has 0 spiro atoms. The third-order valence-electron chi connectivity index (χ3n) is 5.19. The number of hydrogen-bond donors (Lipinski definition) is 1. The Bertz CT molecular complexity index is 1750. The molecule has 3 heterocycles. The van der Waals surface area contributed by atoms with Crippen molar-refractivity contribution in [1.82, 2.24) is 14.5 Å². The zero-order valence-electron chi connectivity index (χ0n) is 19.2. The molecule has 31 heavy (non-hydrogen) atoms. The average molecular weight is 406 g/mol. The fourth-order valence-corrected chi connectivity index (χ4v) is 3.84. The maximum Gasteiger partial charge on any atom is 0.219 e. The monoisotopic (exact) mass is 406 g/mol. The SMILES string of the molecule is [2H]c1ccnc(-n2c3cc(Oc4ccc5c([2H])ccc(O)c5n4)ccc3c3c([2H])cccc32)c1. The lowest BCUT2D eigenvalue weighted by Gasteiger charge is -2.09. The first kappa shape index (κ1) is 14.6. The number of para-hydroxylation sites is 2. The molecule has 3 aromatic heterocycles. The van der Waals surface area contributed by atoms with Crippen LogP contribution in [-0.2, 0) is 0 Å². The maximum atomic E-state index is 10.2. The summed E-state index contributed by atoms with van der Waals surface area (Å²) in [6.07, 6.45) is 1.59. The van der Waals surface area contributed by atoms with E-state index in [0.717, 1.165) is 21.8 Å². The molecule has 5 nitrogen and oxygen atoms in total. The Kier molecular flexibility index (Phi) is 3.22. The number of phenols is 1. The second-order valence-corrected chi connectivity index (χ2v) is 7.07. The van der Waals surface area contributed by atoms with Crippen LogP contribution in [0.4, 0.5) is 0 Å². The van der Waals surface area contributed by atoms with Crippen molar-refractivity contribution >= 4 is 32.7 Å². The largest absolute Gasteiger partial charge is 0.506 e. The highest BCUT2D eigenvalue weighted by molar-refractivity contribution is 6.09. The summed E-state index contributed by atoms with van der Waals surface area (Å²) in [6, 6.07) is 21.7. The van der Waals surface area contributed by atoms with Crippen molar-refractivity contribution in [2.24, 2.45) is 0 Å². The molecule has 0 fully saturated rings. The van der Waals surface area contributed by atoms with E-state index in [9.17, 15) is 5.11 Å². The van der Waals surface area contributed by atoms with Crippen LogP contribution in [0.2, 0.25) is 0 Å². The average Bonchev–Trinajstić information content (AvgIpc) is 3.16. The molecule has 0 atom stereocenters. The molecular weight excluding hydrogens is 386 g/mol. The third kappa shape index (κ3) is 2.87. The number of aromatic hydroxyl groups is 1. The highest BCUT2D eigenvalue weighted by Gasteiger charge is 2.14. The van der Waals surface area contributed by atoms with Gasteiger partial charge in [0.05, 0.1) is 15.1 Å². The van der Waals surface area contributed by atoms with Gasteiger partial charge in [0.1, 0.15) is 22.8 Å². The van der Waals surface area contributed by atoms with E-state index >= 15 is 0 Å². The molecular formula is C26H17N3O2.